The highest BCUT2D eigenvalue weighted by molar-refractivity contribution is 5.43. The lowest BCUT2D eigenvalue weighted by Gasteiger charge is -2.16. The van der Waals surface area contributed by atoms with Gasteiger partial charge >= 0.3 is 0 Å². The summed E-state index contributed by atoms with van der Waals surface area (Å²) in [7, 11) is 1.68. The van der Waals surface area contributed by atoms with Crippen molar-refractivity contribution in [2.24, 2.45) is 0 Å². The van der Waals surface area contributed by atoms with E-state index in [1.807, 2.05) is 12.1 Å². The quantitative estimate of drug-likeness (QED) is 0.768. The maximum absolute atomic E-state index is 5.91. The van der Waals surface area contributed by atoms with Crippen molar-refractivity contribution in [3.8, 4) is 11.5 Å². The molecule has 1 aliphatic heterocycles. The van der Waals surface area contributed by atoms with Crippen LogP contribution in [0.15, 0.2) is 18.2 Å². The van der Waals surface area contributed by atoms with Gasteiger partial charge in [-0.3, -0.25) is 0 Å². The van der Waals surface area contributed by atoms with Crippen molar-refractivity contribution >= 4 is 0 Å². The Labute approximate surface area is 115 Å². The van der Waals surface area contributed by atoms with E-state index in [1.54, 1.807) is 7.11 Å². The highest BCUT2D eigenvalue weighted by Gasteiger charge is 2.19. The van der Waals surface area contributed by atoms with E-state index in [2.05, 4.69) is 18.3 Å². The van der Waals surface area contributed by atoms with Crippen LogP contribution in [-0.2, 0) is 11.3 Å². The van der Waals surface area contributed by atoms with Crippen molar-refractivity contribution in [3.05, 3.63) is 23.8 Å². The van der Waals surface area contributed by atoms with Gasteiger partial charge in [0, 0.05) is 13.0 Å². The molecule has 1 saturated heterocycles. The average molecular weight is 265 g/mol. The first-order valence-corrected chi connectivity index (χ1v) is 6.95. The van der Waals surface area contributed by atoms with Crippen molar-refractivity contribution in [3.63, 3.8) is 0 Å². The van der Waals surface area contributed by atoms with Gasteiger partial charge in [0.1, 0.15) is 6.10 Å². The van der Waals surface area contributed by atoms with Gasteiger partial charge in [0.15, 0.2) is 11.5 Å². The van der Waals surface area contributed by atoms with Crippen LogP contribution in [-0.4, -0.2) is 33.0 Å². The minimum atomic E-state index is 0.151. The van der Waals surface area contributed by atoms with Crippen LogP contribution in [0.4, 0.5) is 0 Å². The Hall–Kier alpha value is -1.26. The topological polar surface area (TPSA) is 39.7 Å². The molecule has 0 spiro atoms. The summed E-state index contributed by atoms with van der Waals surface area (Å²) in [6.07, 6.45) is 2.24. The fourth-order valence-corrected chi connectivity index (χ4v) is 2.11. The third kappa shape index (κ3) is 4.11. The van der Waals surface area contributed by atoms with E-state index in [1.165, 1.54) is 5.56 Å². The molecule has 0 amide bonds. The number of ether oxygens (including phenoxy) is 3. The van der Waals surface area contributed by atoms with Crippen LogP contribution in [0.3, 0.4) is 0 Å². The van der Waals surface area contributed by atoms with E-state index in [4.69, 9.17) is 14.2 Å². The first-order valence-electron chi connectivity index (χ1n) is 6.95. The zero-order chi connectivity index (χ0) is 13.5. The van der Waals surface area contributed by atoms with E-state index in [9.17, 15) is 0 Å². The molecule has 0 saturated carbocycles. The first kappa shape index (κ1) is 14.2. The zero-order valence-electron chi connectivity index (χ0n) is 11.8. The number of nitrogens with one attached hydrogen (secondary N) is 1. The third-order valence-electron chi connectivity index (χ3n) is 3.17. The number of methoxy groups -OCH3 is 1. The number of hydrogen-bond acceptors (Lipinski definition) is 4. The molecule has 1 unspecified atom stereocenters. The number of hydrogen-bond donors (Lipinski definition) is 1. The molecule has 0 aliphatic carbocycles. The Balaban J connectivity index is 1.98. The molecule has 0 radical (unpaired) electrons. The normalized spacial score (nSPS) is 18.5. The molecule has 4 heteroatoms. The lowest BCUT2D eigenvalue weighted by molar-refractivity contribution is 0.138. The largest absolute Gasteiger partial charge is 0.493 e. The molecule has 19 heavy (non-hydrogen) atoms. The van der Waals surface area contributed by atoms with Gasteiger partial charge in [0.25, 0.3) is 0 Å². The van der Waals surface area contributed by atoms with E-state index < -0.39 is 0 Å². The van der Waals surface area contributed by atoms with Crippen LogP contribution in [0.2, 0.25) is 0 Å². The lowest BCUT2D eigenvalue weighted by Crippen LogP contribution is -2.17. The van der Waals surface area contributed by atoms with Crippen LogP contribution in [0.25, 0.3) is 0 Å². The lowest BCUT2D eigenvalue weighted by atomic mass is 10.2. The fraction of sp³-hybridized carbons (Fsp3) is 0.600. The molecular weight excluding hydrogens is 242 g/mol. The molecule has 106 valence electrons. The van der Waals surface area contributed by atoms with Crippen molar-refractivity contribution in [2.75, 3.05) is 26.9 Å². The van der Waals surface area contributed by atoms with Crippen LogP contribution in [0.5, 0.6) is 11.5 Å². The standard InChI is InChI=1S/C15H23NO3/c1-3-7-16-10-12-4-5-14(15(9-12)17-2)19-13-6-8-18-11-13/h4-5,9,13,16H,3,6-8,10-11H2,1-2H3. The van der Waals surface area contributed by atoms with Crippen LogP contribution < -0.4 is 14.8 Å². The van der Waals surface area contributed by atoms with Crippen LogP contribution >= 0.6 is 0 Å². The predicted molar refractivity (Wildman–Crippen MR) is 74.8 cm³/mol. The minimum absolute atomic E-state index is 0.151. The summed E-state index contributed by atoms with van der Waals surface area (Å²) < 4.78 is 16.6. The molecule has 1 fully saturated rings. The van der Waals surface area contributed by atoms with Gasteiger partial charge in [-0.25, -0.2) is 0 Å². The predicted octanol–water partition coefficient (Wildman–Crippen LogP) is 2.36. The molecule has 2 rings (SSSR count). The molecule has 1 N–H and O–H groups in total. The summed E-state index contributed by atoms with van der Waals surface area (Å²) in [4.78, 5) is 0. The van der Waals surface area contributed by atoms with E-state index in [-0.39, 0.29) is 6.10 Å². The highest BCUT2D eigenvalue weighted by Crippen LogP contribution is 2.30. The highest BCUT2D eigenvalue weighted by atomic mass is 16.6. The molecule has 0 bridgehead atoms. The summed E-state index contributed by atoms with van der Waals surface area (Å²) in [5, 5.41) is 3.38. The maximum Gasteiger partial charge on any atom is 0.161 e. The van der Waals surface area contributed by atoms with Gasteiger partial charge in [-0.15, -0.1) is 0 Å². The Morgan fingerprint density at radius 2 is 2.26 bits per heavy atom. The van der Waals surface area contributed by atoms with Gasteiger partial charge in [-0.1, -0.05) is 13.0 Å². The molecular formula is C15H23NO3. The van der Waals surface area contributed by atoms with Crippen LogP contribution in [0.1, 0.15) is 25.3 Å². The van der Waals surface area contributed by atoms with Gasteiger partial charge in [0.2, 0.25) is 0 Å². The van der Waals surface area contributed by atoms with E-state index in [0.29, 0.717) is 6.61 Å². The Kier molecular flexibility index (Phi) is 5.48. The molecule has 1 heterocycles. The van der Waals surface area contributed by atoms with E-state index >= 15 is 0 Å². The number of benzene rings is 1. The summed E-state index contributed by atoms with van der Waals surface area (Å²) in [5.74, 6) is 1.60. The zero-order valence-corrected chi connectivity index (χ0v) is 11.8. The van der Waals surface area contributed by atoms with Gasteiger partial charge in [0.05, 0.1) is 20.3 Å². The summed E-state index contributed by atoms with van der Waals surface area (Å²) in [6, 6.07) is 6.10. The van der Waals surface area contributed by atoms with Gasteiger partial charge in [-0.05, 0) is 30.7 Å². The second-order valence-electron chi connectivity index (χ2n) is 4.77. The molecule has 1 atom stereocenters. The SMILES string of the molecule is CCCNCc1ccc(OC2CCOC2)c(OC)c1. The van der Waals surface area contributed by atoms with Crippen LogP contribution in [0, 0.1) is 0 Å². The average Bonchev–Trinajstić information content (AvgIpc) is 2.93. The van der Waals surface area contributed by atoms with Crippen molar-refractivity contribution in [1.82, 2.24) is 5.32 Å². The Bertz CT molecular complexity index is 389. The number of rotatable bonds is 7. The van der Waals surface area contributed by atoms with Crippen molar-refractivity contribution < 1.29 is 14.2 Å². The molecule has 1 aliphatic rings. The molecule has 0 aromatic heterocycles. The minimum Gasteiger partial charge on any atom is -0.493 e. The van der Waals surface area contributed by atoms with Gasteiger partial charge in [-0.2, -0.15) is 0 Å². The summed E-state index contributed by atoms with van der Waals surface area (Å²) >= 11 is 0. The maximum atomic E-state index is 5.91. The first-order chi connectivity index (χ1) is 9.33. The fourth-order valence-electron chi connectivity index (χ4n) is 2.11. The summed E-state index contributed by atoms with van der Waals surface area (Å²) in [6.45, 7) is 5.50. The second kappa shape index (κ2) is 7.36. The summed E-state index contributed by atoms with van der Waals surface area (Å²) in [5.41, 5.74) is 1.21. The molecule has 1 aromatic carbocycles. The molecule has 1 aromatic rings. The third-order valence-corrected chi connectivity index (χ3v) is 3.17. The molecule has 4 nitrogen and oxygen atoms in total. The van der Waals surface area contributed by atoms with E-state index in [0.717, 1.165) is 44.0 Å². The monoisotopic (exact) mass is 265 g/mol. The Morgan fingerprint density at radius 3 is 2.95 bits per heavy atom. The van der Waals surface area contributed by atoms with Crippen molar-refractivity contribution in [2.45, 2.75) is 32.4 Å². The second-order valence-corrected chi connectivity index (χ2v) is 4.77. The van der Waals surface area contributed by atoms with Gasteiger partial charge < -0.3 is 19.5 Å². The Morgan fingerprint density at radius 1 is 1.37 bits per heavy atom. The van der Waals surface area contributed by atoms with Crippen molar-refractivity contribution in [1.29, 1.82) is 0 Å². The smallest absolute Gasteiger partial charge is 0.161 e.